The van der Waals surface area contributed by atoms with Crippen molar-refractivity contribution in [2.45, 2.75) is 31.8 Å². The number of hydrogen-bond acceptors (Lipinski definition) is 7. The van der Waals surface area contributed by atoms with Crippen molar-refractivity contribution in [3.8, 4) is 11.4 Å². The molecule has 3 N–H and O–H groups in total. The summed E-state index contributed by atoms with van der Waals surface area (Å²) in [7, 11) is 0. The molecule has 0 aromatic carbocycles. The Morgan fingerprint density at radius 2 is 1.94 bits per heavy atom. The summed E-state index contributed by atoms with van der Waals surface area (Å²) in [4.78, 5) is 25.9. The fourth-order valence-corrected chi connectivity index (χ4v) is 4.30. The number of piperidine rings is 1. The van der Waals surface area contributed by atoms with Crippen LogP contribution in [0.2, 0.25) is 0 Å². The molecule has 12 heteroatoms. The number of nitrogens with zero attached hydrogens (tertiary/aromatic N) is 6. The summed E-state index contributed by atoms with van der Waals surface area (Å²) in [5.74, 6) is -0.702. The topological polar surface area (TPSA) is 121 Å². The number of amides is 1. The van der Waals surface area contributed by atoms with E-state index in [2.05, 4.69) is 30.7 Å². The molecule has 1 atom stereocenters. The maximum absolute atomic E-state index is 15.8. The molecule has 5 rings (SSSR count). The maximum Gasteiger partial charge on any atom is 0.404 e. The number of pyridine rings is 2. The van der Waals surface area contributed by atoms with Gasteiger partial charge in [0.25, 0.3) is 0 Å². The zero-order chi connectivity index (χ0) is 25.2. The molecule has 186 valence electrons. The highest BCUT2D eigenvalue weighted by molar-refractivity contribution is 5.77. The summed E-state index contributed by atoms with van der Waals surface area (Å²) in [6, 6.07) is 7.74. The quantitative estimate of drug-likeness (QED) is 0.369. The maximum atomic E-state index is 15.8. The molecule has 4 aromatic heterocycles. The first-order valence-electron chi connectivity index (χ1n) is 11.5. The Labute approximate surface area is 205 Å². The summed E-state index contributed by atoms with van der Waals surface area (Å²) in [6.07, 6.45) is 4.48. The molecule has 1 fully saturated rings. The van der Waals surface area contributed by atoms with Crippen molar-refractivity contribution in [2.24, 2.45) is 0 Å². The Bertz CT molecular complexity index is 1390. The molecule has 1 amide bonds. The number of carbonyl (C=O) groups is 1. The van der Waals surface area contributed by atoms with E-state index in [1.165, 1.54) is 12.1 Å². The second-order valence-corrected chi connectivity index (χ2v) is 8.60. The highest BCUT2D eigenvalue weighted by Crippen LogP contribution is 2.32. The second kappa shape index (κ2) is 9.72. The Morgan fingerprint density at radius 1 is 1.14 bits per heavy atom. The second-order valence-electron chi connectivity index (χ2n) is 8.60. The number of carboxylic acid groups (broad SMARTS) is 1. The Hall–Kier alpha value is -4.35. The molecular formula is C24H24F2N8O2. The molecule has 0 radical (unpaired) electrons. The first-order valence-corrected chi connectivity index (χ1v) is 11.5. The third-order valence-corrected chi connectivity index (χ3v) is 6.17. The number of halogens is 2. The van der Waals surface area contributed by atoms with Crippen molar-refractivity contribution >= 4 is 23.2 Å². The summed E-state index contributed by atoms with van der Waals surface area (Å²) in [5, 5.41) is 18.9. The minimum Gasteiger partial charge on any atom is -0.465 e. The van der Waals surface area contributed by atoms with Crippen molar-refractivity contribution in [3.63, 3.8) is 0 Å². The van der Waals surface area contributed by atoms with Crippen molar-refractivity contribution in [2.75, 3.05) is 23.3 Å². The number of hydrogen-bond donors (Lipinski definition) is 3. The van der Waals surface area contributed by atoms with Gasteiger partial charge in [0.15, 0.2) is 17.5 Å². The summed E-state index contributed by atoms with van der Waals surface area (Å²) in [6.45, 7) is 2.61. The molecule has 0 saturated carbocycles. The summed E-state index contributed by atoms with van der Waals surface area (Å²) < 4.78 is 30.8. The predicted molar refractivity (Wildman–Crippen MR) is 129 cm³/mol. The number of anilines is 2. The Kier molecular flexibility index (Phi) is 6.32. The van der Waals surface area contributed by atoms with Crippen LogP contribution < -0.4 is 15.5 Å². The van der Waals surface area contributed by atoms with E-state index in [1.54, 1.807) is 28.7 Å². The van der Waals surface area contributed by atoms with E-state index >= 15 is 4.39 Å². The highest BCUT2D eigenvalue weighted by Gasteiger charge is 2.27. The van der Waals surface area contributed by atoms with E-state index in [0.717, 1.165) is 11.7 Å². The van der Waals surface area contributed by atoms with Gasteiger partial charge in [0.1, 0.15) is 5.82 Å². The largest absolute Gasteiger partial charge is 0.465 e. The van der Waals surface area contributed by atoms with Crippen molar-refractivity contribution in [3.05, 3.63) is 66.3 Å². The van der Waals surface area contributed by atoms with E-state index in [9.17, 15) is 9.18 Å². The number of nitrogens with one attached hydrogen (secondary N) is 2. The van der Waals surface area contributed by atoms with Crippen LogP contribution in [0.5, 0.6) is 0 Å². The van der Waals surface area contributed by atoms with E-state index in [1.807, 2.05) is 18.2 Å². The van der Waals surface area contributed by atoms with Crippen LogP contribution in [0.4, 0.5) is 25.2 Å². The number of rotatable bonds is 6. The molecular weight excluding hydrogens is 470 g/mol. The molecule has 1 aliphatic heterocycles. The minimum absolute atomic E-state index is 0.0188. The monoisotopic (exact) mass is 494 g/mol. The lowest BCUT2D eigenvalue weighted by atomic mass is 10.1. The minimum atomic E-state index is -1.08. The van der Waals surface area contributed by atoms with E-state index in [0.29, 0.717) is 43.0 Å². The van der Waals surface area contributed by atoms with Gasteiger partial charge in [0.2, 0.25) is 5.82 Å². The fraction of sp³-hybridized carbons (Fsp3) is 0.292. The first-order chi connectivity index (χ1) is 17.4. The van der Waals surface area contributed by atoms with Gasteiger partial charge in [-0.15, -0.1) is 0 Å². The van der Waals surface area contributed by atoms with Gasteiger partial charge in [-0.1, -0.05) is 6.07 Å². The SMILES string of the molecule is CC(Nc1nc(-c2cnn3ccccc23)nc(N2CCC(NC(=O)O)CC2)c1F)c1ccc(F)cn1. The van der Waals surface area contributed by atoms with Crippen LogP contribution in [-0.2, 0) is 0 Å². The van der Waals surface area contributed by atoms with Gasteiger partial charge in [-0.2, -0.15) is 9.49 Å². The van der Waals surface area contributed by atoms with Crippen LogP contribution >= 0.6 is 0 Å². The van der Waals surface area contributed by atoms with E-state index in [4.69, 9.17) is 5.11 Å². The van der Waals surface area contributed by atoms with Gasteiger partial charge in [-0.3, -0.25) is 4.98 Å². The summed E-state index contributed by atoms with van der Waals surface area (Å²) >= 11 is 0. The Morgan fingerprint density at radius 3 is 2.67 bits per heavy atom. The van der Waals surface area contributed by atoms with E-state index in [-0.39, 0.29) is 17.7 Å². The Balaban J connectivity index is 1.52. The van der Waals surface area contributed by atoms with Gasteiger partial charge in [0, 0.05) is 25.3 Å². The average Bonchev–Trinajstić information content (AvgIpc) is 3.30. The lowest BCUT2D eigenvalue weighted by Gasteiger charge is -2.33. The predicted octanol–water partition coefficient (Wildman–Crippen LogP) is 3.87. The lowest BCUT2D eigenvalue weighted by Crippen LogP contribution is -2.44. The molecule has 10 nitrogen and oxygen atoms in total. The highest BCUT2D eigenvalue weighted by atomic mass is 19.1. The molecule has 1 saturated heterocycles. The van der Waals surface area contributed by atoms with Crippen molar-refractivity contribution in [1.29, 1.82) is 0 Å². The van der Waals surface area contributed by atoms with Crippen LogP contribution in [0.1, 0.15) is 31.5 Å². The molecule has 0 bridgehead atoms. The number of aromatic nitrogens is 5. The van der Waals surface area contributed by atoms with Gasteiger partial charge in [-0.05, 0) is 44.0 Å². The molecule has 1 unspecified atom stereocenters. The standard InChI is InChI=1S/C24H24F2N8O2/c1-14(18-6-5-15(25)12-27-18)29-22-20(26)23(33-10-7-16(8-11-33)30-24(35)36)32-21(31-22)17-13-28-34-9-3-2-4-19(17)34/h2-6,9,12-14,16,30H,7-8,10-11H2,1H3,(H,35,36)(H,29,31,32). The molecule has 4 aromatic rings. The number of fused-ring (bicyclic) bond motifs is 1. The van der Waals surface area contributed by atoms with Gasteiger partial charge < -0.3 is 20.6 Å². The van der Waals surface area contributed by atoms with Crippen LogP contribution in [-0.4, -0.2) is 54.9 Å². The fourth-order valence-electron chi connectivity index (χ4n) is 4.30. The van der Waals surface area contributed by atoms with Crippen LogP contribution in [0, 0.1) is 11.6 Å². The molecule has 0 aliphatic carbocycles. The van der Waals surface area contributed by atoms with Gasteiger partial charge in [-0.25, -0.2) is 23.7 Å². The van der Waals surface area contributed by atoms with Crippen LogP contribution in [0.15, 0.2) is 48.9 Å². The zero-order valence-electron chi connectivity index (χ0n) is 19.4. The van der Waals surface area contributed by atoms with Crippen molar-refractivity contribution in [1.82, 2.24) is 29.9 Å². The lowest BCUT2D eigenvalue weighted by molar-refractivity contribution is 0.187. The van der Waals surface area contributed by atoms with Gasteiger partial charge in [0.05, 0.1) is 35.2 Å². The molecule has 5 heterocycles. The van der Waals surface area contributed by atoms with Gasteiger partial charge >= 0.3 is 6.09 Å². The zero-order valence-corrected chi connectivity index (χ0v) is 19.4. The molecule has 0 spiro atoms. The third-order valence-electron chi connectivity index (χ3n) is 6.17. The smallest absolute Gasteiger partial charge is 0.404 e. The van der Waals surface area contributed by atoms with Crippen LogP contribution in [0.25, 0.3) is 16.9 Å². The molecule has 1 aliphatic rings. The van der Waals surface area contributed by atoms with E-state index < -0.39 is 23.8 Å². The first kappa shape index (κ1) is 23.4. The third kappa shape index (κ3) is 4.74. The normalized spacial score (nSPS) is 15.1. The summed E-state index contributed by atoms with van der Waals surface area (Å²) in [5.41, 5.74) is 1.92. The molecule has 36 heavy (non-hydrogen) atoms. The van der Waals surface area contributed by atoms with Crippen LogP contribution in [0.3, 0.4) is 0 Å². The van der Waals surface area contributed by atoms with Crippen molar-refractivity contribution < 1.29 is 18.7 Å². The average molecular weight is 495 g/mol.